The smallest absolute Gasteiger partial charge is 0.150 e. The molecule has 1 aliphatic rings. The average Bonchev–Trinajstić information content (AvgIpc) is 3.60. The summed E-state index contributed by atoms with van der Waals surface area (Å²) in [5, 5.41) is 7.55. The molecule has 6 nitrogen and oxygen atoms in total. The zero-order valence-electron chi connectivity index (χ0n) is 19.7. The molecule has 36 heavy (non-hydrogen) atoms. The molecule has 1 aliphatic heterocycles. The molecule has 0 amide bonds. The minimum atomic E-state index is 0.248. The van der Waals surface area contributed by atoms with E-state index < -0.39 is 0 Å². The molecule has 3 aromatic heterocycles. The van der Waals surface area contributed by atoms with Crippen LogP contribution in [0.3, 0.4) is 0 Å². The van der Waals surface area contributed by atoms with E-state index in [9.17, 15) is 0 Å². The third-order valence-corrected chi connectivity index (χ3v) is 7.82. The number of rotatable bonds is 7. The SMILES string of the molecule is Clc1ccc(-n2cc(-c3ccccc3)c3c(NCC(c4cccs4)N4CCOCC4)ncnc32)cc1. The number of nitrogens with zero attached hydrogens (tertiary/aromatic N) is 4. The second kappa shape index (κ2) is 10.4. The van der Waals surface area contributed by atoms with Gasteiger partial charge in [0.05, 0.1) is 24.6 Å². The molecule has 1 unspecified atom stereocenters. The van der Waals surface area contributed by atoms with Crippen LogP contribution >= 0.6 is 22.9 Å². The van der Waals surface area contributed by atoms with E-state index in [1.54, 1.807) is 17.7 Å². The van der Waals surface area contributed by atoms with Crippen LogP contribution in [0.15, 0.2) is 84.6 Å². The van der Waals surface area contributed by atoms with Crippen LogP contribution in [0.1, 0.15) is 10.9 Å². The van der Waals surface area contributed by atoms with Gasteiger partial charge in [0, 0.05) is 47.0 Å². The van der Waals surface area contributed by atoms with Gasteiger partial charge in [-0.15, -0.1) is 11.3 Å². The van der Waals surface area contributed by atoms with Crippen molar-refractivity contribution in [3.05, 3.63) is 94.5 Å². The molecule has 0 spiro atoms. The highest BCUT2D eigenvalue weighted by molar-refractivity contribution is 7.10. The van der Waals surface area contributed by atoms with Gasteiger partial charge in [0.1, 0.15) is 12.1 Å². The largest absolute Gasteiger partial charge is 0.379 e. The lowest BCUT2D eigenvalue weighted by atomic mass is 10.1. The van der Waals surface area contributed by atoms with Gasteiger partial charge in [-0.3, -0.25) is 4.90 Å². The van der Waals surface area contributed by atoms with E-state index in [4.69, 9.17) is 26.3 Å². The van der Waals surface area contributed by atoms with Gasteiger partial charge in [-0.2, -0.15) is 0 Å². The van der Waals surface area contributed by atoms with E-state index >= 15 is 0 Å². The van der Waals surface area contributed by atoms with E-state index in [1.165, 1.54) is 4.88 Å². The first kappa shape index (κ1) is 23.2. The van der Waals surface area contributed by atoms with Gasteiger partial charge in [0.15, 0.2) is 5.65 Å². The number of thiophene rings is 1. The molecule has 0 radical (unpaired) electrons. The summed E-state index contributed by atoms with van der Waals surface area (Å²) in [6, 6.07) is 22.8. The zero-order chi connectivity index (χ0) is 24.3. The molecule has 1 atom stereocenters. The predicted octanol–water partition coefficient (Wildman–Crippen LogP) is 6.29. The van der Waals surface area contributed by atoms with Crippen molar-refractivity contribution in [3.63, 3.8) is 0 Å². The number of hydrogen-bond acceptors (Lipinski definition) is 6. The molecule has 1 saturated heterocycles. The Bertz CT molecular complexity index is 1430. The molecular formula is C28H26ClN5OS. The lowest BCUT2D eigenvalue weighted by Gasteiger charge is -2.34. The van der Waals surface area contributed by atoms with Gasteiger partial charge >= 0.3 is 0 Å². The van der Waals surface area contributed by atoms with Crippen molar-refractivity contribution in [3.8, 4) is 16.8 Å². The molecule has 2 aromatic carbocycles. The van der Waals surface area contributed by atoms with Crippen molar-refractivity contribution in [2.75, 3.05) is 38.2 Å². The summed E-state index contributed by atoms with van der Waals surface area (Å²) in [6.45, 7) is 4.12. The average molecular weight is 516 g/mol. The van der Waals surface area contributed by atoms with Gasteiger partial charge < -0.3 is 14.6 Å². The number of aromatic nitrogens is 3. The first-order valence-electron chi connectivity index (χ1n) is 12.0. The normalized spacial score (nSPS) is 15.2. The van der Waals surface area contributed by atoms with Gasteiger partial charge in [-0.1, -0.05) is 48.0 Å². The molecule has 0 saturated carbocycles. The second-order valence-electron chi connectivity index (χ2n) is 8.74. The summed E-state index contributed by atoms with van der Waals surface area (Å²) in [5.74, 6) is 0.835. The Morgan fingerprint density at radius 3 is 2.53 bits per heavy atom. The monoisotopic (exact) mass is 515 g/mol. The van der Waals surface area contributed by atoms with Gasteiger partial charge in [0.2, 0.25) is 0 Å². The number of nitrogens with one attached hydrogen (secondary N) is 1. The number of halogens is 1. The summed E-state index contributed by atoms with van der Waals surface area (Å²) in [7, 11) is 0. The Hall–Kier alpha value is -3.23. The molecule has 182 valence electrons. The lowest BCUT2D eigenvalue weighted by Crippen LogP contribution is -2.41. The second-order valence-corrected chi connectivity index (χ2v) is 10.2. The summed E-state index contributed by atoms with van der Waals surface area (Å²) >= 11 is 7.96. The topological polar surface area (TPSA) is 55.2 Å². The van der Waals surface area contributed by atoms with Crippen LogP contribution in [0.25, 0.3) is 27.8 Å². The fraction of sp³-hybridized carbons (Fsp3) is 0.214. The molecule has 8 heteroatoms. The first-order chi connectivity index (χ1) is 17.8. The summed E-state index contributed by atoms with van der Waals surface area (Å²) in [4.78, 5) is 13.3. The third kappa shape index (κ3) is 4.63. The van der Waals surface area contributed by atoms with Crippen LogP contribution in [-0.4, -0.2) is 52.3 Å². The lowest BCUT2D eigenvalue weighted by molar-refractivity contribution is 0.0194. The van der Waals surface area contributed by atoms with Crippen LogP contribution in [0, 0.1) is 0 Å². The van der Waals surface area contributed by atoms with E-state index in [2.05, 4.69) is 62.8 Å². The number of hydrogen-bond donors (Lipinski definition) is 1. The summed E-state index contributed by atoms with van der Waals surface area (Å²) in [6.07, 6.45) is 3.78. The molecule has 4 heterocycles. The quantitative estimate of drug-likeness (QED) is 0.276. The Balaban J connectivity index is 1.42. The van der Waals surface area contributed by atoms with E-state index in [0.29, 0.717) is 5.02 Å². The van der Waals surface area contributed by atoms with Crippen molar-refractivity contribution in [2.24, 2.45) is 0 Å². The number of ether oxygens (including phenoxy) is 1. The van der Waals surface area contributed by atoms with Crippen LogP contribution in [-0.2, 0) is 4.74 Å². The highest BCUT2D eigenvalue weighted by Gasteiger charge is 2.24. The molecule has 0 aliphatic carbocycles. The highest BCUT2D eigenvalue weighted by Crippen LogP contribution is 2.36. The number of anilines is 1. The van der Waals surface area contributed by atoms with E-state index in [1.807, 2.05) is 30.3 Å². The standard InChI is InChI=1S/C28H26ClN5OS/c29-21-8-10-22(11-9-21)34-18-23(20-5-2-1-3-6-20)26-27(31-19-32-28(26)34)30-17-24(25-7-4-16-36-25)33-12-14-35-15-13-33/h1-11,16,18-19,24H,12-15,17H2,(H,30,31,32). The maximum absolute atomic E-state index is 6.17. The fourth-order valence-corrected chi connectivity index (χ4v) is 5.79. The molecule has 6 rings (SSSR count). The van der Waals surface area contributed by atoms with Crippen molar-refractivity contribution in [1.82, 2.24) is 19.4 Å². The number of fused-ring (bicyclic) bond motifs is 1. The van der Waals surface area contributed by atoms with Crippen LogP contribution < -0.4 is 5.32 Å². The minimum absolute atomic E-state index is 0.248. The molecular weight excluding hydrogens is 490 g/mol. The minimum Gasteiger partial charge on any atom is -0.379 e. The summed E-state index contributed by atoms with van der Waals surface area (Å²) in [5.41, 5.74) is 4.06. The first-order valence-corrected chi connectivity index (χ1v) is 13.3. The maximum Gasteiger partial charge on any atom is 0.150 e. The predicted molar refractivity (Wildman–Crippen MR) is 147 cm³/mol. The van der Waals surface area contributed by atoms with Crippen LogP contribution in [0.4, 0.5) is 5.82 Å². The Morgan fingerprint density at radius 1 is 0.972 bits per heavy atom. The number of benzene rings is 2. The Morgan fingerprint density at radius 2 is 1.78 bits per heavy atom. The van der Waals surface area contributed by atoms with Crippen molar-refractivity contribution in [1.29, 1.82) is 0 Å². The third-order valence-electron chi connectivity index (χ3n) is 6.59. The Kier molecular flexibility index (Phi) is 6.70. The van der Waals surface area contributed by atoms with Crippen molar-refractivity contribution < 1.29 is 4.74 Å². The zero-order valence-corrected chi connectivity index (χ0v) is 21.3. The number of morpholine rings is 1. The molecule has 1 fully saturated rings. The molecule has 1 N–H and O–H groups in total. The van der Waals surface area contributed by atoms with E-state index in [0.717, 1.165) is 66.5 Å². The fourth-order valence-electron chi connectivity index (χ4n) is 4.80. The van der Waals surface area contributed by atoms with Gasteiger partial charge in [-0.25, -0.2) is 9.97 Å². The highest BCUT2D eigenvalue weighted by atomic mass is 35.5. The Labute approximate surface area is 219 Å². The molecule has 5 aromatic rings. The van der Waals surface area contributed by atoms with Crippen LogP contribution in [0.5, 0.6) is 0 Å². The van der Waals surface area contributed by atoms with Crippen molar-refractivity contribution >= 4 is 39.8 Å². The summed E-state index contributed by atoms with van der Waals surface area (Å²) < 4.78 is 7.72. The van der Waals surface area contributed by atoms with Gasteiger partial charge in [-0.05, 0) is 41.3 Å². The van der Waals surface area contributed by atoms with Crippen LogP contribution in [0.2, 0.25) is 5.02 Å². The van der Waals surface area contributed by atoms with E-state index in [-0.39, 0.29) is 6.04 Å². The van der Waals surface area contributed by atoms with Gasteiger partial charge in [0.25, 0.3) is 0 Å². The molecule has 0 bridgehead atoms. The van der Waals surface area contributed by atoms with Crippen molar-refractivity contribution in [2.45, 2.75) is 6.04 Å². The maximum atomic E-state index is 6.17.